The van der Waals surface area contributed by atoms with Crippen molar-refractivity contribution < 1.29 is 22.7 Å². The highest BCUT2D eigenvalue weighted by Crippen LogP contribution is 2.29. The number of anilines is 1. The minimum Gasteiger partial charge on any atom is -0.495 e. The minimum absolute atomic E-state index is 0.108. The first-order chi connectivity index (χ1) is 14.3. The number of rotatable bonds is 7. The normalized spacial score (nSPS) is 13.7. The molecule has 0 saturated carbocycles. The zero-order valence-corrected chi connectivity index (χ0v) is 17.9. The molecule has 2 aromatic carbocycles. The summed E-state index contributed by atoms with van der Waals surface area (Å²) in [6, 6.07) is 10.1. The van der Waals surface area contributed by atoms with Crippen LogP contribution in [0.3, 0.4) is 0 Å². The van der Waals surface area contributed by atoms with Crippen LogP contribution in [-0.4, -0.2) is 51.9 Å². The van der Waals surface area contributed by atoms with Crippen LogP contribution in [0.25, 0.3) is 0 Å². The number of sulfonamides is 1. The third-order valence-corrected chi connectivity index (χ3v) is 6.27. The molecule has 2 N–H and O–H groups in total. The van der Waals surface area contributed by atoms with Crippen molar-refractivity contribution >= 4 is 39.1 Å². The van der Waals surface area contributed by atoms with E-state index in [1.165, 1.54) is 37.4 Å². The second kappa shape index (κ2) is 9.36. The summed E-state index contributed by atoms with van der Waals surface area (Å²) in [7, 11) is -2.59. The minimum atomic E-state index is -4.01. The zero-order chi connectivity index (χ0) is 21.7. The molecule has 0 radical (unpaired) electrons. The number of ether oxygens (including phenoxy) is 1. The lowest BCUT2D eigenvalue weighted by molar-refractivity contribution is -0.129. The van der Waals surface area contributed by atoms with Crippen LogP contribution in [0.2, 0.25) is 5.02 Å². The van der Waals surface area contributed by atoms with Gasteiger partial charge in [0, 0.05) is 23.7 Å². The van der Waals surface area contributed by atoms with Crippen molar-refractivity contribution in [1.82, 2.24) is 10.2 Å². The van der Waals surface area contributed by atoms with E-state index >= 15 is 0 Å². The Bertz CT molecular complexity index is 1050. The van der Waals surface area contributed by atoms with E-state index in [1.54, 1.807) is 17.0 Å². The summed E-state index contributed by atoms with van der Waals surface area (Å²) in [6.45, 7) is 1.26. The molecule has 3 rings (SSSR count). The number of hydrogen-bond donors (Lipinski definition) is 2. The van der Waals surface area contributed by atoms with Crippen molar-refractivity contribution in [3.8, 4) is 5.75 Å². The number of likely N-dealkylation sites (tertiary alicyclic amines) is 1. The maximum atomic E-state index is 12.8. The summed E-state index contributed by atoms with van der Waals surface area (Å²) < 4.78 is 33.2. The molecule has 160 valence electrons. The second-order valence-corrected chi connectivity index (χ2v) is 8.87. The SMILES string of the molecule is COc1ccc(Cl)cc1NS(=O)(=O)c1cccc(C(=O)NCC(=O)N2CCCC2)c1. The largest absolute Gasteiger partial charge is 0.495 e. The molecule has 30 heavy (non-hydrogen) atoms. The molecule has 2 aromatic rings. The van der Waals surface area contributed by atoms with E-state index in [9.17, 15) is 18.0 Å². The predicted molar refractivity (Wildman–Crippen MR) is 113 cm³/mol. The first kappa shape index (κ1) is 21.9. The Balaban J connectivity index is 1.73. The lowest BCUT2D eigenvalue weighted by Gasteiger charge is -2.15. The van der Waals surface area contributed by atoms with E-state index in [0.717, 1.165) is 12.8 Å². The third-order valence-electron chi connectivity index (χ3n) is 4.67. The van der Waals surface area contributed by atoms with Crippen LogP contribution in [0.5, 0.6) is 5.75 Å². The fraction of sp³-hybridized carbons (Fsp3) is 0.300. The molecule has 1 heterocycles. The first-order valence-corrected chi connectivity index (χ1v) is 11.2. The Morgan fingerprint density at radius 2 is 1.87 bits per heavy atom. The fourth-order valence-corrected chi connectivity index (χ4v) is 4.38. The second-order valence-electron chi connectivity index (χ2n) is 6.75. The van der Waals surface area contributed by atoms with Gasteiger partial charge < -0.3 is 15.0 Å². The van der Waals surface area contributed by atoms with Crippen LogP contribution in [0.4, 0.5) is 5.69 Å². The molecule has 0 unspecified atom stereocenters. The van der Waals surface area contributed by atoms with Crippen LogP contribution in [0.1, 0.15) is 23.2 Å². The molecular weight excluding hydrogens is 430 g/mol. The molecule has 0 spiro atoms. The van der Waals surface area contributed by atoms with Crippen LogP contribution in [0, 0.1) is 0 Å². The van der Waals surface area contributed by atoms with Gasteiger partial charge in [-0.1, -0.05) is 17.7 Å². The number of benzene rings is 2. The van der Waals surface area contributed by atoms with Crippen molar-refractivity contribution in [2.24, 2.45) is 0 Å². The Morgan fingerprint density at radius 3 is 2.57 bits per heavy atom. The summed E-state index contributed by atoms with van der Waals surface area (Å²) >= 11 is 5.95. The van der Waals surface area contributed by atoms with Gasteiger partial charge in [0.05, 0.1) is 24.2 Å². The van der Waals surface area contributed by atoms with Gasteiger partial charge in [0.2, 0.25) is 5.91 Å². The predicted octanol–water partition coefficient (Wildman–Crippen LogP) is 2.50. The summed E-state index contributed by atoms with van der Waals surface area (Å²) in [5.74, 6) is -0.378. The monoisotopic (exact) mass is 451 g/mol. The average molecular weight is 452 g/mol. The van der Waals surface area contributed by atoms with Crippen molar-refractivity contribution in [2.45, 2.75) is 17.7 Å². The number of nitrogens with zero attached hydrogens (tertiary/aromatic N) is 1. The quantitative estimate of drug-likeness (QED) is 0.673. The number of methoxy groups -OCH3 is 1. The Kier molecular flexibility index (Phi) is 6.84. The van der Waals surface area contributed by atoms with Gasteiger partial charge in [0.15, 0.2) is 0 Å². The van der Waals surface area contributed by atoms with Crippen LogP contribution < -0.4 is 14.8 Å². The molecule has 1 aliphatic rings. The highest BCUT2D eigenvalue weighted by Gasteiger charge is 2.21. The average Bonchev–Trinajstić information content (AvgIpc) is 3.27. The van der Waals surface area contributed by atoms with E-state index in [1.807, 2.05) is 0 Å². The van der Waals surface area contributed by atoms with E-state index < -0.39 is 15.9 Å². The van der Waals surface area contributed by atoms with Crippen molar-refractivity contribution in [3.63, 3.8) is 0 Å². The smallest absolute Gasteiger partial charge is 0.262 e. The highest BCUT2D eigenvalue weighted by molar-refractivity contribution is 7.92. The number of hydrogen-bond acceptors (Lipinski definition) is 5. The molecule has 0 atom stereocenters. The molecule has 1 saturated heterocycles. The summed E-state index contributed by atoms with van der Waals surface area (Å²) in [5, 5.41) is 2.88. The van der Waals surface area contributed by atoms with E-state index in [2.05, 4.69) is 10.0 Å². The molecule has 0 aromatic heterocycles. The molecule has 0 bridgehead atoms. The summed E-state index contributed by atoms with van der Waals surface area (Å²) in [4.78, 5) is 26.1. The maximum absolute atomic E-state index is 12.8. The van der Waals surface area contributed by atoms with Crippen molar-refractivity contribution in [1.29, 1.82) is 0 Å². The maximum Gasteiger partial charge on any atom is 0.262 e. The number of carbonyl (C=O) groups is 2. The Labute approximate surface area is 180 Å². The van der Waals surface area contributed by atoms with Gasteiger partial charge in [-0.3, -0.25) is 14.3 Å². The zero-order valence-electron chi connectivity index (χ0n) is 16.4. The van der Waals surface area contributed by atoms with Crippen molar-refractivity contribution in [2.75, 3.05) is 31.5 Å². The van der Waals surface area contributed by atoms with E-state index in [4.69, 9.17) is 16.3 Å². The van der Waals surface area contributed by atoms with E-state index in [-0.39, 0.29) is 28.6 Å². The van der Waals surface area contributed by atoms with Gasteiger partial charge in [-0.25, -0.2) is 8.42 Å². The number of halogens is 1. The number of amides is 2. The molecule has 0 aliphatic carbocycles. The Morgan fingerprint density at radius 1 is 1.13 bits per heavy atom. The number of carbonyl (C=O) groups excluding carboxylic acids is 2. The molecule has 10 heteroatoms. The standard InChI is InChI=1S/C20H22ClN3O5S/c1-29-18-8-7-15(21)12-17(18)23-30(27,28)16-6-4-5-14(11-16)20(26)22-13-19(25)24-9-2-3-10-24/h4-8,11-12,23H,2-3,9-10,13H2,1H3,(H,22,26). The van der Waals surface area contributed by atoms with Crippen molar-refractivity contribution in [3.05, 3.63) is 53.1 Å². The topological polar surface area (TPSA) is 105 Å². The van der Waals surface area contributed by atoms with E-state index in [0.29, 0.717) is 23.9 Å². The summed E-state index contributed by atoms with van der Waals surface area (Å²) in [6.07, 6.45) is 1.92. The van der Waals surface area contributed by atoms with Gasteiger partial charge >= 0.3 is 0 Å². The van der Waals surface area contributed by atoms with Crippen LogP contribution in [0.15, 0.2) is 47.4 Å². The van der Waals surface area contributed by atoms with Gasteiger partial charge in [-0.05, 0) is 49.2 Å². The first-order valence-electron chi connectivity index (χ1n) is 9.32. The van der Waals surface area contributed by atoms with Crippen LogP contribution in [-0.2, 0) is 14.8 Å². The molecular formula is C20H22ClN3O5S. The van der Waals surface area contributed by atoms with Crippen LogP contribution >= 0.6 is 11.6 Å². The third kappa shape index (κ3) is 5.22. The van der Waals surface area contributed by atoms with Gasteiger partial charge in [-0.2, -0.15) is 0 Å². The lowest BCUT2D eigenvalue weighted by atomic mass is 10.2. The molecule has 8 nitrogen and oxygen atoms in total. The summed E-state index contributed by atoms with van der Waals surface area (Å²) in [5.41, 5.74) is 0.307. The lowest BCUT2D eigenvalue weighted by Crippen LogP contribution is -2.38. The Hall–Kier alpha value is -2.78. The van der Waals surface area contributed by atoms with Gasteiger partial charge in [0.1, 0.15) is 5.75 Å². The molecule has 1 fully saturated rings. The molecule has 1 aliphatic heterocycles. The van der Waals surface area contributed by atoms with Gasteiger partial charge in [-0.15, -0.1) is 0 Å². The highest BCUT2D eigenvalue weighted by atomic mass is 35.5. The molecule has 2 amide bonds. The number of nitrogens with one attached hydrogen (secondary N) is 2. The fourth-order valence-electron chi connectivity index (χ4n) is 3.10. The van der Waals surface area contributed by atoms with Gasteiger partial charge in [0.25, 0.3) is 15.9 Å².